The Morgan fingerprint density at radius 3 is 2.42 bits per heavy atom. The number of halogens is 1. The summed E-state index contributed by atoms with van der Waals surface area (Å²) < 4.78 is 24.6. The zero-order valence-electron chi connectivity index (χ0n) is 14.1. The van der Waals surface area contributed by atoms with Gasteiger partial charge in [0.05, 0.1) is 9.26 Å². The summed E-state index contributed by atoms with van der Waals surface area (Å²) in [4.78, 5) is 16.0. The van der Waals surface area contributed by atoms with Gasteiger partial charge >= 0.3 is 5.69 Å². The van der Waals surface area contributed by atoms with Gasteiger partial charge in [-0.15, -0.1) is 11.3 Å². The minimum Gasteiger partial charge on any atom is -0.363 e. The molecule has 0 bridgehead atoms. The number of benzene rings is 1. The second-order valence-corrected chi connectivity index (χ2v) is 9.91. The number of thiophene rings is 1. The number of hydrogen-bond acceptors (Lipinski definition) is 7. The van der Waals surface area contributed by atoms with Crippen LogP contribution in [0.2, 0.25) is 4.34 Å². The zero-order chi connectivity index (χ0) is 18.9. The molecule has 1 aliphatic rings. The lowest BCUT2D eigenvalue weighted by molar-refractivity contribution is -0.387. The van der Waals surface area contributed by atoms with Gasteiger partial charge in [-0.25, -0.2) is 8.42 Å². The molecule has 0 amide bonds. The number of rotatable bonds is 5. The molecule has 1 aromatic carbocycles. The van der Waals surface area contributed by atoms with Gasteiger partial charge in [-0.1, -0.05) is 17.7 Å². The van der Waals surface area contributed by atoms with E-state index in [0.717, 1.165) is 30.2 Å². The number of anilines is 1. The Morgan fingerprint density at radius 1 is 1.19 bits per heavy atom. The molecule has 3 rings (SSSR count). The van der Waals surface area contributed by atoms with Crippen molar-refractivity contribution in [2.45, 2.75) is 11.4 Å². The maximum Gasteiger partial charge on any atom is 0.311 e. The Bertz CT molecular complexity index is 921. The maximum atomic E-state index is 11.9. The first kappa shape index (κ1) is 19.1. The number of hydrogen-bond donors (Lipinski definition) is 0. The predicted molar refractivity (Wildman–Crippen MR) is 103 cm³/mol. The van der Waals surface area contributed by atoms with Gasteiger partial charge in [-0.3, -0.25) is 15.0 Å². The van der Waals surface area contributed by atoms with Crippen LogP contribution < -0.4 is 4.90 Å². The Kier molecular flexibility index (Phi) is 5.52. The minimum absolute atomic E-state index is 0.240. The molecule has 0 aliphatic carbocycles. The third kappa shape index (κ3) is 4.17. The summed E-state index contributed by atoms with van der Waals surface area (Å²) >= 11 is 7.50. The lowest BCUT2D eigenvalue weighted by atomic mass is 10.2. The van der Waals surface area contributed by atoms with Crippen LogP contribution in [0.25, 0.3) is 0 Å². The van der Waals surface area contributed by atoms with E-state index >= 15 is 0 Å². The molecule has 7 nitrogen and oxygen atoms in total. The molecule has 0 N–H and O–H groups in total. The first-order valence-electron chi connectivity index (χ1n) is 7.94. The Balaban J connectivity index is 1.78. The van der Waals surface area contributed by atoms with Crippen LogP contribution >= 0.6 is 22.9 Å². The van der Waals surface area contributed by atoms with Gasteiger partial charge in [0.2, 0.25) is 0 Å². The summed E-state index contributed by atoms with van der Waals surface area (Å²) in [6.45, 7) is 3.43. The molecule has 2 aromatic rings. The van der Waals surface area contributed by atoms with Gasteiger partial charge in [0.25, 0.3) is 0 Å². The van der Waals surface area contributed by atoms with Crippen molar-refractivity contribution >= 4 is 44.1 Å². The molecule has 1 saturated heterocycles. The Labute approximate surface area is 160 Å². The Hall–Kier alpha value is -1.68. The van der Waals surface area contributed by atoms with Crippen LogP contribution in [-0.4, -0.2) is 50.7 Å². The van der Waals surface area contributed by atoms with Gasteiger partial charge in [-0.05, 0) is 24.3 Å². The van der Waals surface area contributed by atoms with Crippen LogP contribution in [0.3, 0.4) is 0 Å². The average Bonchev–Trinajstić information content (AvgIpc) is 2.99. The van der Waals surface area contributed by atoms with E-state index in [1.54, 1.807) is 23.5 Å². The van der Waals surface area contributed by atoms with E-state index in [0.29, 0.717) is 18.8 Å². The highest BCUT2D eigenvalue weighted by Crippen LogP contribution is 2.35. The van der Waals surface area contributed by atoms with Crippen molar-refractivity contribution < 1.29 is 13.3 Å². The van der Waals surface area contributed by atoms with Crippen molar-refractivity contribution in [3.63, 3.8) is 0 Å². The molecular formula is C16H18ClN3O4S2. The summed E-state index contributed by atoms with van der Waals surface area (Å²) in [5.74, 6) is 0. The third-order valence-electron chi connectivity index (χ3n) is 4.28. The van der Waals surface area contributed by atoms with Crippen molar-refractivity contribution in [1.29, 1.82) is 0 Å². The normalized spacial score (nSPS) is 16.0. The van der Waals surface area contributed by atoms with E-state index in [-0.39, 0.29) is 10.6 Å². The topological polar surface area (TPSA) is 83.8 Å². The number of nitro groups is 1. The quantitative estimate of drug-likeness (QED) is 0.551. The van der Waals surface area contributed by atoms with Crippen LogP contribution in [0.4, 0.5) is 11.4 Å². The van der Waals surface area contributed by atoms with Crippen molar-refractivity contribution in [2.75, 3.05) is 37.3 Å². The molecule has 1 aromatic heterocycles. The van der Waals surface area contributed by atoms with Crippen LogP contribution in [0, 0.1) is 10.1 Å². The molecule has 0 unspecified atom stereocenters. The summed E-state index contributed by atoms with van der Waals surface area (Å²) in [6, 6.07) is 8.33. The summed E-state index contributed by atoms with van der Waals surface area (Å²) in [5.41, 5.74) is 0.0187. The lowest BCUT2D eigenvalue weighted by Crippen LogP contribution is -2.46. The SMILES string of the molecule is CS(=O)(=O)c1cccc(N2CCN(Cc3ccc(Cl)s3)CC2)c1[N+](=O)[O-]. The van der Waals surface area contributed by atoms with E-state index < -0.39 is 14.8 Å². The molecule has 0 radical (unpaired) electrons. The van der Waals surface area contributed by atoms with Crippen LogP contribution in [0.1, 0.15) is 4.88 Å². The molecule has 1 fully saturated rings. The van der Waals surface area contributed by atoms with Crippen molar-refractivity contribution in [3.05, 3.63) is 49.7 Å². The summed E-state index contributed by atoms with van der Waals surface area (Å²) in [7, 11) is -3.68. The lowest BCUT2D eigenvalue weighted by Gasteiger charge is -2.35. The van der Waals surface area contributed by atoms with Gasteiger partial charge in [-0.2, -0.15) is 0 Å². The second kappa shape index (κ2) is 7.51. The molecule has 140 valence electrons. The molecule has 1 aliphatic heterocycles. The first-order chi connectivity index (χ1) is 12.3. The number of nitrogens with zero attached hydrogens (tertiary/aromatic N) is 3. The van der Waals surface area contributed by atoms with E-state index in [4.69, 9.17) is 11.6 Å². The zero-order valence-corrected chi connectivity index (χ0v) is 16.5. The molecule has 26 heavy (non-hydrogen) atoms. The molecule has 0 atom stereocenters. The number of nitro benzene ring substituents is 1. The fourth-order valence-electron chi connectivity index (χ4n) is 3.05. The molecule has 10 heteroatoms. The average molecular weight is 416 g/mol. The number of para-hydroxylation sites is 1. The van der Waals surface area contributed by atoms with E-state index in [2.05, 4.69) is 4.90 Å². The van der Waals surface area contributed by atoms with Gasteiger partial charge < -0.3 is 4.90 Å². The van der Waals surface area contributed by atoms with Crippen molar-refractivity contribution in [3.8, 4) is 0 Å². The molecular weight excluding hydrogens is 398 g/mol. The van der Waals surface area contributed by atoms with E-state index in [1.165, 1.54) is 10.9 Å². The third-order valence-corrected chi connectivity index (χ3v) is 6.63. The monoisotopic (exact) mass is 415 g/mol. The smallest absolute Gasteiger partial charge is 0.311 e. The Morgan fingerprint density at radius 2 is 1.88 bits per heavy atom. The van der Waals surface area contributed by atoms with Crippen LogP contribution in [0.15, 0.2) is 35.2 Å². The van der Waals surface area contributed by atoms with Crippen molar-refractivity contribution in [2.24, 2.45) is 0 Å². The summed E-state index contributed by atoms with van der Waals surface area (Å²) in [6.07, 6.45) is 0.989. The van der Waals surface area contributed by atoms with E-state index in [9.17, 15) is 18.5 Å². The van der Waals surface area contributed by atoms with Crippen LogP contribution in [0.5, 0.6) is 0 Å². The highest BCUT2D eigenvalue weighted by Gasteiger charge is 2.30. The first-order valence-corrected chi connectivity index (χ1v) is 11.0. The maximum absolute atomic E-state index is 11.9. The van der Waals surface area contributed by atoms with E-state index in [1.807, 2.05) is 17.0 Å². The fraction of sp³-hybridized carbons (Fsp3) is 0.375. The second-order valence-electron chi connectivity index (χ2n) is 6.12. The fourth-order valence-corrected chi connectivity index (χ4v) is 5.04. The van der Waals surface area contributed by atoms with Crippen molar-refractivity contribution in [1.82, 2.24) is 4.90 Å². The summed E-state index contributed by atoms with van der Waals surface area (Å²) in [5, 5.41) is 11.5. The van der Waals surface area contributed by atoms with Gasteiger partial charge in [0.15, 0.2) is 9.84 Å². The standard InChI is InChI=1S/C16H18ClN3O4S2/c1-26(23,24)14-4-2-3-13(16(14)20(21)22)19-9-7-18(8-10-19)11-12-5-6-15(17)25-12/h2-6H,7-11H2,1H3. The molecule has 2 heterocycles. The van der Waals surface area contributed by atoms with Gasteiger partial charge in [0.1, 0.15) is 10.6 Å². The largest absolute Gasteiger partial charge is 0.363 e. The molecule has 0 spiro atoms. The number of piperazine rings is 1. The van der Waals surface area contributed by atoms with Crippen LogP contribution in [-0.2, 0) is 16.4 Å². The highest BCUT2D eigenvalue weighted by molar-refractivity contribution is 7.90. The molecule has 0 saturated carbocycles. The highest BCUT2D eigenvalue weighted by atomic mass is 35.5. The minimum atomic E-state index is -3.68. The van der Waals surface area contributed by atoms with Gasteiger partial charge in [0, 0.05) is 43.9 Å². The number of sulfone groups is 1. The predicted octanol–water partition coefficient (Wildman–Crippen LogP) is 3.04.